The van der Waals surface area contributed by atoms with E-state index in [1.807, 2.05) is 41.3 Å². The second-order valence-corrected chi connectivity index (χ2v) is 9.64. The number of piperazine rings is 1. The number of aromatic amines is 2. The highest BCUT2D eigenvalue weighted by Crippen LogP contribution is 2.34. The monoisotopic (exact) mass is 571 g/mol. The van der Waals surface area contributed by atoms with E-state index in [0.717, 1.165) is 11.4 Å². The molecule has 0 radical (unpaired) electrons. The number of ketones is 1. The Morgan fingerprint density at radius 1 is 1.14 bits per heavy atom. The van der Waals surface area contributed by atoms with Crippen LogP contribution in [0, 0.1) is 0 Å². The van der Waals surface area contributed by atoms with Gasteiger partial charge in [-0.25, -0.2) is 4.98 Å². The highest BCUT2D eigenvalue weighted by atomic mass is 16.5. The lowest BCUT2D eigenvalue weighted by molar-refractivity contribution is -0.126. The largest absolute Gasteiger partial charge is 0.494 e. The molecule has 1 aromatic carbocycles. The molecule has 5 aromatic rings. The number of H-pyrrole nitrogens is 2. The van der Waals surface area contributed by atoms with Crippen molar-refractivity contribution in [1.82, 2.24) is 50.6 Å². The van der Waals surface area contributed by atoms with Crippen LogP contribution in [0.4, 0.5) is 5.95 Å². The highest BCUT2D eigenvalue weighted by Gasteiger charge is 2.31. The fourth-order valence-corrected chi connectivity index (χ4v) is 5.01. The van der Waals surface area contributed by atoms with Crippen LogP contribution in [0.2, 0.25) is 0 Å². The minimum absolute atomic E-state index is 0.0317. The molecule has 0 bridgehead atoms. The van der Waals surface area contributed by atoms with E-state index in [9.17, 15) is 9.59 Å². The number of ether oxygens (including phenoxy) is 1. The summed E-state index contributed by atoms with van der Waals surface area (Å²) in [7, 11) is 1.49. The average molecular weight is 572 g/mol. The first-order valence-electron chi connectivity index (χ1n) is 13.4. The maximum atomic E-state index is 13.5. The Morgan fingerprint density at radius 3 is 2.71 bits per heavy atom. The molecule has 42 heavy (non-hydrogen) atoms. The van der Waals surface area contributed by atoms with Crippen molar-refractivity contribution in [1.29, 1.82) is 0 Å². The number of nitrogens with one attached hydrogen (secondary N) is 3. The molecule has 15 nitrogen and oxygen atoms in total. The molecule has 1 fully saturated rings. The van der Waals surface area contributed by atoms with Gasteiger partial charge in [0, 0.05) is 51.2 Å². The van der Waals surface area contributed by atoms with Gasteiger partial charge in [0.2, 0.25) is 5.95 Å². The van der Waals surface area contributed by atoms with Crippen molar-refractivity contribution in [2.75, 3.05) is 51.3 Å². The third-order valence-corrected chi connectivity index (χ3v) is 7.11. The number of carbonyl (C=O) groups excluding carboxylic acids is 2. The highest BCUT2D eigenvalue weighted by molar-refractivity contribution is 6.45. The number of nitrogens with zero attached hydrogens (tertiary/aromatic N) is 8. The predicted octanol–water partition coefficient (Wildman–Crippen LogP) is 0.551. The molecule has 4 aromatic heterocycles. The van der Waals surface area contributed by atoms with E-state index < -0.39 is 11.7 Å². The van der Waals surface area contributed by atoms with E-state index in [4.69, 9.17) is 9.84 Å². The Labute approximate surface area is 239 Å². The number of Topliss-reactive ketones (excluding diaryl/α,β-unsaturated/α-hetero) is 1. The number of methoxy groups -OCH3 is 1. The lowest BCUT2D eigenvalue weighted by Crippen LogP contribution is -2.51. The second kappa shape index (κ2) is 11.8. The number of tetrazole rings is 1. The SMILES string of the molecule is COc1cnc(-c2cc(CNCCO)[nH]n2)c2[nH]cc(C(=O)C(=O)N3CCN(c4nnnn4-c4ccccc4)CC3)c12. The lowest BCUT2D eigenvalue weighted by Gasteiger charge is -2.34. The van der Waals surface area contributed by atoms with Crippen molar-refractivity contribution in [3.63, 3.8) is 0 Å². The van der Waals surface area contributed by atoms with Crippen LogP contribution >= 0.6 is 0 Å². The second-order valence-electron chi connectivity index (χ2n) is 9.64. The van der Waals surface area contributed by atoms with Crippen LogP contribution in [0.15, 0.2) is 48.8 Å². The van der Waals surface area contributed by atoms with Crippen molar-refractivity contribution in [2.45, 2.75) is 6.54 Å². The zero-order valence-corrected chi connectivity index (χ0v) is 22.8. The molecular weight excluding hydrogens is 542 g/mol. The number of anilines is 1. The van der Waals surface area contributed by atoms with E-state index >= 15 is 0 Å². The zero-order chi connectivity index (χ0) is 29.1. The van der Waals surface area contributed by atoms with Gasteiger partial charge in [-0.3, -0.25) is 14.7 Å². The van der Waals surface area contributed by atoms with Gasteiger partial charge >= 0.3 is 0 Å². The molecular formula is C27H29N11O4. The van der Waals surface area contributed by atoms with Gasteiger partial charge in [-0.1, -0.05) is 23.3 Å². The third-order valence-electron chi connectivity index (χ3n) is 7.11. The average Bonchev–Trinajstić information content (AvgIpc) is 3.81. The summed E-state index contributed by atoms with van der Waals surface area (Å²) in [5.74, 6) is -0.304. The fraction of sp³-hybridized carbons (Fsp3) is 0.296. The Bertz CT molecular complexity index is 1700. The van der Waals surface area contributed by atoms with Crippen LogP contribution in [-0.4, -0.2) is 109 Å². The van der Waals surface area contributed by atoms with Gasteiger partial charge in [-0.2, -0.15) is 9.78 Å². The molecule has 0 unspecified atom stereocenters. The number of aliphatic hydroxyl groups is 1. The first kappa shape index (κ1) is 27.0. The Balaban J connectivity index is 1.20. The standard InChI is InChI=1S/C27H29N11O4/c1-42-21-16-30-23(20-13-17(31-32-20)14-28-7-12-39)24-22(21)19(15-29-24)25(40)26(41)36-8-10-37(11-9-36)27-33-34-35-38(27)18-5-3-2-4-6-18/h2-6,13,15-16,28-29,39H,7-12,14H2,1H3,(H,31,32). The minimum atomic E-state index is -0.643. The summed E-state index contributed by atoms with van der Waals surface area (Å²) in [5, 5.41) is 32.0. The molecule has 216 valence electrons. The molecule has 1 amide bonds. The minimum Gasteiger partial charge on any atom is -0.494 e. The van der Waals surface area contributed by atoms with Crippen LogP contribution in [0.5, 0.6) is 5.75 Å². The number of hydrogen-bond acceptors (Lipinski definition) is 11. The molecule has 1 saturated heterocycles. The van der Waals surface area contributed by atoms with Crippen LogP contribution in [0.25, 0.3) is 28.0 Å². The van der Waals surface area contributed by atoms with Crippen molar-refractivity contribution in [2.24, 2.45) is 0 Å². The molecule has 6 rings (SSSR count). The number of pyridine rings is 1. The first-order valence-corrected chi connectivity index (χ1v) is 13.4. The molecule has 15 heteroatoms. The van der Waals surface area contributed by atoms with E-state index in [1.165, 1.54) is 19.5 Å². The summed E-state index contributed by atoms with van der Waals surface area (Å²) in [6, 6.07) is 11.4. The van der Waals surface area contributed by atoms with E-state index in [1.54, 1.807) is 9.58 Å². The molecule has 1 aliphatic heterocycles. The number of para-hydroxylation sites is 1. The zero-order valence-electron chi connectivity index (χ0n) is 22.8. The van der Waals surface area contributed by atoms with E-state index in [0.29, 0.717) is 73.3 Å². The van der Waals surface area contributed by atoms with Crippen LogP contribution in [-0.2, 0) is 11.3 Å². The molecule has 0 atom stereocenters. The molecule has 0 aliphatic carbocycles. The van der Waals surface area contributed by atoms with Crippen molar-refractivity contribution in [3.05, 3.63) is 60.0 Å². The van der Waals surface area contributed by atoms with E-state index in [2.05, 4.69) is 41.0 Å². The molecule has 0 saturated carbocycles. The number of benzene rings is 1. The maximum Gasteiger partial charge on any atom is 0.295 e. The van der Waals surface area contributed by atoms with Crippen LogP contribution in [0.3, 0.4) is 0 Å². The third kappa shape index (κ3) is 5.06. The van der Waals surface area contributed by atoms with Gasteiger partial charge in [0.25, 0.3) is 11.7 Å². The number of rotatable bonds is 10. The van der Waals surface area contributed by atoms with Gasteiger partial charge in [0.15, 0.2) is 0 Å². The molecule has 4 N–H and O–H groups in total. The van der Waals surface area contributed by atoms with Crippen molar-refractivity contribution >= 4 is 28.5 Å². The molecule has 0 spiro atoms. The number of hydrogen-bond donors (Lipinski definition) is 4. The smallest absolute Gasteiger partial charge is 0.295 e. The summed E-state index contributed by atoms with van der Waals surface area (Å²) >= 11 is 0. The first-order chi connectivity index (χ1) is 20.6. The Morgan fingerprint density at radius 2 is 1.95 bits per heavy atom. The van der Waals surface area contributed by atoms with Crippen LogP contribution in [0.1, 0.15) is 16.1 Å². The summed E-state index contributed by atoms with van der Waals surface area (Å²) < 4.78 is 7.17. The van der Waals surface area contributed by atoms with Crippen molar-refractivity contribution in [3.8, 4) is 22.8 Å². The summed E-state index contributed by atoms with van der Waals surface area (Å²) in [4.78, 5) is 38.1. The number of carbonyl (C=O) groups is 2. The van der Waals surface area contributed by atoms with Gasteiger partial charge in [-0.15, -0.1) is 0 Å². The van der Waals surface area contributed by atoms with Gasteiger partial charge in [0.05, 0.1) is 42.1 Å². The van der Waals surface area contributed by atoms with Gasteiger partial charge in [0.1, 0.15) is 17.1 Å². The predicted molar refractivity (Wildman–Crippen MR) is 151 cm³/mol. The maximum absolute atomic E-state index is 13.5. The van der Waals surface area contributed by atoms with Gasteiger partial charge < -0.3 is 29.9 Å². The normalized spacial score (nSPS) is 13.6. The Kier molecular flexibility index (Phi) is 7.57. The molecule has 5 heterocycles. The number of aromatic nitrogens is 8. The quantitative estimate of drug-likeness (QED) is 0.104. The summed E-state index contributed by atoms with van der Waals surface area (Å²) in [6.45, 7) is 2.57. The Hall–Kier alpha value is -5.15. The fourth-order valence-electron chi connectivity index (χ4n) is 5.01. The molecule has 1 aliphatic rings. The van der Waals surface area contributed by atoms with Gasteiger partial charge in [-0.05, 0) is 28.6 Å². The number of fused-ring (bicyclic) bond motifs is 1. The summed E-state index contributed by atoms with van der Waals surface area (Å²) in [6.07, 6.45) is 3.03. The number of aliphatic hydroxyl groups excluding tert-OH is 1. The van der Waals surface area contributed by atoms with Crippen molar-refractivity contribution < 1.29 is 19.4 Å². The van der Waals surface area contributed by atoms with Crippen LogP contribution < -0.4 is 15.0 Å². The van der Waals surface area contributed by atoms with E-state index in [-0.39, 0.29) is 12.2 Å². The number of amides is 1. The topological polar surface area (TPSA) is 183 Å². The lowest BCUT2D eigenvalue weighted by atomic mass is 10.1. The summed E-state index contributed by atoms with van der Waals surface area (Å²) in [5.41, 5.74) is 3.43.